The molecule has 1 N–H and O–H groups in total. The van der Waals surface area contributed by atoms with Crippen molar-refractivity contribution >= 4 is 5.97 Å². The SMILES string of the molecule is CO[C@H]1O[C@@H]2COC(c3ccccc3)O[C@@H]2[C@H](OC(=O)c2ccccn2)[C@H]1O. The number of carbonyl (C=O) groups excluding carboxylic acids is 1. The number of fused-ring (bicyclic) bond motifs is 1. The number of aliphatic hydroxyl groups is 1. The molecule has 1 aromatic carbocycles. The highest BCUT2D eigenvalue weighted by Gasteiger charge is 2.51. The summed E-state index contributed by atoms with van der Waals surface area (Å²) in [6.45, 7) is 0.203. The minimum atomic E-state index is -1.23. The summed E-state index contributed by atoms with van der Waals surface area (Å²) < 4.78 is 28.3. The van der Waals surface area contributed by atoms with Gasteiger partial charge in [0.15, 0.2) is 18.7 Å². The maximum Gasteiger partial charge on any atom is 0.357 e. The molecular weight excluding hydrogens is 366 g/mol. The molecular formula is C20H21NO7. The van der Waals surface area contributed by atoms with Gasteiger partial charge in [-0.25, -0.2) is 9.78 Å². The second kappa shape index (κ2) is 8.34. The van der Waals surface area contributed by atoms with E-state index in [1.165, 1.54) is 19.4 Å². The fraction of sp³-hybridized carbons (Fsp3) is 0.400. The third-order valence-corrected chi connectivity index (χ3v) is 4.73. The number of methoxy groups -OCH3 is 1. The van der Waals surface area contributed by atoms with Gasteiger partial charge in [-0.05, 0) is 12.1 Å². The van der Waals surface area contributed by atoms with Gasteiger partial charge < -0.3 is 28.8 Å². The van der Waals surface area contributed by atoms with Crippen molar-refractivity contribution in [2.45, 2.75) is 37.0 Å². The van der Waals surface area contributed by atoms with Crippen LogP contribution in [-0.4, -0.2) is 60.5 Å². The summed E-state index contributed by atoms with van der Waals surface area (Å²) in [6, 6.07) is 14.3. The number of hydrogen-bond donors (Lipinski definition) is 1. The Morgan fingerprint density at radius 2 is 1.93 bits per heavy atom. The van der Waals surface area contributed by atoms with Gasteiger partial charge in [-0.15, -0.1) is 0 Å². The monoisotopic (exact) mass is 387 g/mol. The zero-order chi connectivity index (χ0) is 19.5. The summed E-state index contributed by atoms with van der Waals surface area (Å²) >= 11 is 0. The summed E-state index contributed by atoms with van der Waals surface area (Å²) in [7, 11) is 1.41. The number of esters is 1. The summed E-state index contributed by atoms with van der Waals surface area (Å²) in [5.74, 6) is -0.661. The molecule has 3 heterocycles. The van der Waals surface area contributed by atoms with Gasteiger partial charge in [-0.2, -0.15) is 0 Å². The molecule has 1 aromatic heterocycles. The first-order valence-corrected chi connectivity index (χ1v) is 8.97. The van der Waals surface area contributed by atoms with Crippen LogP contribution in [0.1, 0.15) is 22.3 Å². The van der Waals surface area contributed by atoms with Crippen molar-refractivity contribution in [1.29, 1.82) is 0 Å². The first kappa shape index (κ1) is 19.0. The highest BCUT2D eigenvalue weighted by Crippen LogP contribution is 2.35. The van der Waals surface area contributed by atoms with E-state index in [0.717, 1.165) is 5.56 Å². The van der Waals surface area contributed by atoms with Crippen LogP contribution in [0.2, 0.25) is 0 Å². The molecule has 2 aliphatic rings. The highest BCUT2D eigenvalue weighted by atomic mass is 16.8. The van der Waals surface area contributed by atoms with Crippen LogP contribution >= 0.6 is 0 Å². The van der Waals surface area contributed by atoms with Crippen molar-refractivity contribution in [2.24, 2.45) is 0 Å². The number of aromatic nitrogens is 1. The molecule has 0 bridgehead atoms. The highest BCUT2D eigenvalue weighted by molar-refractivity contribution is 5.87. The van der Waals surface area contributed by atoms with E-state index in [1.54, 1.807) is 12.1 Å². The molecule has 2 aromatic rings. The van der Waals surface area contributed by atoms with Crippen molar-refractivity contribution in [3.05, 3.63) is 66.0 Å². The van der Waals surface area contributed by atoms with Crippen molar-refractivity contribution in [2.75, 3.05) is 13.7 Å². The lowest BCUT2D eigenvalue weighted by Gasteiger charge is -2.47. The Kier molecular flexibility index (Phi) is 5.65. The lowest BCUT2D eigenvalue weighted by Crippen LogP contribution is -2.63. The van der Waals surface area contributed by atoms with E-state index in [1.807, 2.05) is 30.3 Å². The third kappa shape index (κ3) is 3.78. The number of nitrogens with zero attached hydrogens (tertiary/aromatic N) is 1. The van der Waals surface area contributed by atoms with Crippen molar-refractivity contribution in [3.8, 4) is 0 Å². The van der Waals surface area contributed by atoms with Gasteiger partial charge >= 0.3 is 5.97 Å². The van der Waals surface area contributed by atoms with Crippen LogP contribution in [0.15, 0.2) is 54.7 Å². The molecule has 4 rings (SSSR count). The number of carbonyl (C=O) groups is 1. The van der Waals surface area contributed by atoms with Crippen molar-refractivity contribution < 1.29 is 33.6 Å². The first-order valence-electron chi connectivity index (χ1n) is 8.97. The molecule has 2 aliphatic heterocycles. The van der Waals surface area contributed by atoms with Crippen LogP contribution in [0.3, 0.4) is 0 Å². The second-order valence-corrected chi connectivity index (χ2v) is 6.53. The zero-order valence-electron chi connectivity index (χ0n) is 15.2. The minimum absolute atomic E-state index is 0.137. The Morgan fingerprint density at radius 1 is 1.14 bits per heavy atom. The van der Waals surface area contributed by atoms with Gasteiger partial charge in [0.25, 0.3) is 0 Å². The predicted molar refractivity (Wildman–Crippen MR) is 95.1 cm³/mol. The Bertz CT molecular complexity index is 788. The molecule has 1 unspecified atom stereocenters. The van der Waals surface area contributed by atoms with Crippen LogP contribution in [0.5, 0.6) is 0 Å². The Hall–Kier alpha value is -2.36. The van der Waals surface area contributed by atoms with Crippen LogP contribution in [-0.2, 0) is 23.7 Å². The smallest absolute Gasteiger partial charge is 0.357 e. The van der Waals surface area contributed by atoms with Gasteiger partial charge in [-0.1, -0.05) is 36.4 Å². The molecule has 8 heteroatoms. The van der Waals surface area contributed by atoms with Crippen LogP contribution in [0.25, 0.3) is 0 Å². The van der Waals surface area contributed by atoms with Crippen LogP contribution < -0.4 is 0 Å². The summed E-state index contributed by atoms with van der Waals surface area (Å²) in [5, 5.41) is 10.7. The van der Waals surface area contributed by atoms with E-state index in [4.69, 9.17) is 23.7 Å². The quantitative estimate of drug-likeness (QED) is 0.788. The molecule has 0 spiro atoms. The van der Waals surface area contributed by atoms with E-state index >= 15 is 0 Å². The van der Waals surface area contributed by atoms with Crippen LogP contribution in [0.4, 0.5) is 0 Å². The maximum atomic E-state index is 12.5. The Morgan fingerprint density at radius 3 is 2.64 bits per heavy atom. The summed E-state index contributed by atoms with van der Waals surface area (Å²) in [6.07, 6.45) is -3.66. The van der Waals surface area contributed by atoms with Gasteiger partial charge in [0.2, 0.25) is 0 Å². The average molecular weight is 387 g/mol. The molecule has 0 saturated carbocycles. The van der Waals surface area contributed by atoms with Gasteiger partial charge in [0.1, 0.15) is 24.0 Å². The summed E-state index contributed by atoms with van der Waals surface area (Å²) in [5.41, 5.74) is 0.956. The topological polar surface area (TPSA) is 96.3 Å². The minimum Gasteiger partial charge on any atom is -0.452 e. The van der Waals surface area contributed by atoms with Crippen molar-refractivity contribution in [1.82, 2.24) is 4.98 Å². The molecule has 148 valence electrons. The Labute approximate surface area is 162 Å². The lowest BCUT2D eigenvalue weighted by molar-refractivity contribution is -0.357. The van der Waals surface area contributed by atoms with Gasteiger partial charge in [0, 0.05) is 18.9 Å². The molecule has 0 aliphatic carbocycles. The number of pyridine rings is 1. The molecule has 8 nitrogen and oxygen atoms in total. The van der Waals surface area contributed by atoms with Crippen molar-refractivity contribution in [3.63, 3.8) is 0 Å². The number of rotatable bonds is 4. The van der Waals surface area contributed by atoms with E-state index in [2.05, 4.69) is 4.98 Å². The third-order valence-electron chi connectivity index (χ3n) is 4.73. The predicted octanol–water partition coefficient (Wildman–Crippen LogP) is 1.45. The largest absolute Gasteiger partial charge is 0.452 e. The number of benzene rings is 1. The molecule has 2 fully saturated rings. The van der Waals surface area contributed by atoms with Gasteiger partial charge in [0.05, 0.1) is 6.61 Å². The Balaban J connectivity index is 1.56. The van der Waals surface area contributed by atoms with E-state index in [-0.39, 0.29) is 12.3 Å². The zero-order valence-corrected chi connectivity index (χ0v) is 15.2. The van der Waals surface area contributed by atoms with Gasteiger partial charge in [-0.3, -0.25) is 0 Å². The second-order valence-electron chi connectivity index (χ2n) is 6.53. The number of ether oxygens (including phenoxy) is 5. The molecule has 0 amide bonds. The fourth-order valence-corrected chi connectivity index (χ4v) is 3.34. The fourth-order valence-electron chi connectivity index (χ4n) is 3.34. The molecule has 6 atom stereocenters. The number of aliphatic hydroxyl groups excluding tert-OH is 1. The van der Waals surface area contributed by atoms with E-state index < -0.39 is 43.0 Å². The van der Waals surface area contributed by atoms with E-state index in [9.17, 15) is 9.90 Å². The molecule has 2 saturated heterocycles. The molecule has 28 heavy (non-hydrogen) atoms. The lowest BCUT2D eigenvalue weighted by atomic mass is 9.97. The van der Waals surface area contributed by atoms with Crippen LogP contribution in [0, 0.1) is 0 Å². The summed E-state index contributed by atoms with van der Waals surface area (Å²) in [4.78, 5) is 16.5. The normalized spacial score (nSPS) is 32.4. The molecule has 0 radical (unpaired) electrons. The maximum absolute atomic E-state index is 12.5. The number of hydrogen-bond acceptors (Lipinski definition) is 8. The average Bonchev–Trinajstić information content (AvgIpc) is 2.76. The first-order chi connectivity index (χ1) is 13.7. The standard InChI is InChI=1S/C20H21NO7/c1-24-20-15(22)17(27-18(23)13-9-5-6-10-21-13)16-14(26-20)11-25-19(28-16)12-7-3-2-4-8-12/h2-10,14-17,19-20,22H,11H2,1H3/t14-,15-,16+,17-,19?,20+/m1/s1. The van der Waals surface area contributed by atoms with E-state index in [0.29, 0.717) is 0 Å².